The van der Waals surface area contributed by atoms with Crippen molar-refractivity contribution in [1.29, 1.82) is 0 Å². The maximum Gasteiger partial charge on any atom is 0.276 e. The molecule has 0 saturated heterocycles. The normalized spacial score (nSPS) is 10.6. The molecule has 4 nitrogen and oxygen atoms in total. The molecule has 0 radical (unpaired) electrons. The molecule has 21 heavy (non-hydrogen) atoms. The number of benzene rings is 1. The molecule has 2 aromatic heterocycles. The molecule has 0 bridgehead atoms. The number of nitrogens with zero attached hydrogens (tertiary/aromatic N) is 3. The summed E-state index contributed by atoms with van der Waals surface area (Å²) in [6.07, 6.45) is 3.25. The van der Waals surface area contributed by atoms with Crippen LogP contribution in [-0.4, -0.2) is 22.9 Å². The third-order valence-electron chi connectivity index (χ3n) is 3.23. The van der Waals surface area contributed by atoms with Gasteiger partial charge in [0.15, 0.2) is 0 Å². The Bertz CT molecular complexity index is 814. The van der Waals surface area contributed by atoms with Crippen LogP contribution in [0.25, 0.3) is 10.9 Å². The average Bonchev–Trinajstić information content (AvgIpc) is 2.53. The van der Waals surface area contributed by atoms with Crippen LogP contribution in [0.15, 0.2) is 54.9 Å². The second-order valence-corrected chi connectivity index (χ2v) is 5.01. The first-order chi connectivity index (χ1) is 10.2. The average molecular weight is 298 g/mol. The van der Waals surface area contributed by atoms with E-state index in [1.54, 1.807) is 30.3 Å². The van der Waals surface area contributed by atoms with Crippen molar-refractivity contribution in [2.45, 2.75) is 0 Å². The highest BCUT2D eigenvalue weighted by Gasteiger charge is 2.17. The van der Waals surface area contributed by atoms with Crippen LogP contribution in [0.1, 0.15) is 10.5 Å². The Morgan fingerprint density at radius 1 is 1.10 bits per heavy atom. The summed E-state index contributed by atoms with van der Waals surface area (Å²) in [4.78, 5) is 22.5. The molecule has 0 N–H and O–H groups in total. The number of hydrogen-bond donors (Lipinski definition) is 0. The number of carbonyl (C=O) groups excluding carboxylic acids is 1. The van der Waals surface area contributed by atoms with E-state index in [0.29, 0.717) is 10.7 Å². The summed E-state index contributed by atoms with van der Waals surface area (Å²) >= 11 is 5.91. The summed E-state index contributed by atoms with van der Waals surface area (Å²) in [7, 11) is 1.71. The Balaban J connectivity index is 2.04. The summed E-state index contributed by atoms with van der Waals surface area (Å²) < 4.78 is 0. The summed E-state index contributed by atoms with van der Waals surface area (Å²) in [5.41, 5.74) is 1.94. The smallest absolute Gasteiger partial charge is 0.276 e. The van der Waals surface area contributed by atoms with Gasteiger partial charge < -0.3 is 4.90 Å². The molecule has 0 saturated carbocycles. The predicted octanol–water partition coefficient (Wildman–Crippen LogP) is 3.56. The van der Waals surface area contributed by atoms with Gasteiger partial charge in [-0.1, -0.05) is 17.7 Å². The van der Waals surface area contributed by atoms with Gasteiger partial charge in [-0.25, -0.2) is 0 Å². The van der Waals surface area contributed by atoms with E-state index in [0.717, 1.165) is 16.6 Å². The highest BCUT2D eigenvalue weighted by atomic mass is 35.5. The first-order valence-corrected chi connectivity index (χ1v) is 6.78. The molecular weight excluding hydrogens is 286 g/mol. The molecule has 1 amide bonds. The van der Waals surface area contributed by atoms with Crippen LogP contribution in [0.5, 0.6) is 0 Å². The molecule has 2 heterocycles. The lowest BCUT2D eigenvalue weighted by atomic mass is 10.1. The Morgan fingerprint density at radius 2 is 1.95 bits per heavy atom. The van der Waals surface area contributed by atoms with Crippen LogP contribution in [0.3, 0.4) is 0 Å². The predicted molar refractivity (Wildman–Crippen MR) is 83.7 cm³/mol. The van der Waals surface area contributed by atoms with Gasteiger partial charge in [-0.3, -0.25) is 14.8 Å². The lowest BCUT2D eigenvalue weighted by molar-refractivity contribution is 0.0988. The molecule has 0 fully saturated rings. The summed E-state index contributed by atoms with van der Waals surface area (Å²) in [6.45, 7) is 0. The van der Waals surface area contributed by atoms with Crippen LogP contribution in [0, 0.1) is 0 Å². The highest BCUT2D eigenvalue weighted by molar-refractivity contribution is 6.31. The summed E-state index contributed by atoms with van der Waals surface area (Å²) in [5.74, 6) is -0.214. The van der Waals surface area contributed by atoms with E-state index in [-0.39, 0.29) is 5.91 Å². The Labute approximate surface area is 127 Å². The van der Waals surface area contributed by atoms with Crippen molar-refractivity contribution in [2.24, 2.45) is 0 Å². The molecule has 3 aromatic rings. The molecule has 0 aliphatic rings. The molecule has 3 rings (SSSR count). The van der Waals surface area contributed by atoms with E-state index in [4.69, 9.17) is 11.6 Å². The van der Waals surface area contributed by atoms with E-state index < -0.39 is 0 Å². The lowest BCUT2D eigenvalue weighted by Crippen LogP contribution is -2.27. The van der Waals surface area contributed by atoms with Crippen molar-refractivity contribution >= 4 is 34.1 Å². The van der Waals surface area contributed by atoms with Gasteiger partial charge in [0.05, 0.1) is 11.2 Å². The van der Waals surface area contributed by atoms with Crippen LogP contribution in [-0.2, 0) is 0 Å². The zero-order chi connectivity index (χ0) is 14.8. The first-order valence-electron chi connectivity index (χ1n) is 6.40. The molecule has 0 spiro atoms. The van der Waals surface area contributed by atoms with Crippen molar-refractivity contribution < 1.29 is 4.79 Å². The zero-order valence-corrected chi connectivity index (χ0v) is 12.1. The fourth-order valence-electron chi connectivity index (χ4n) is 2.18. The third-order valence-corrected chi connectivity index (χ3v) is 3.46. The fraction of sp³-hybridized carbons (Fsp3) is 0.0625. The minimum Gasteiger partial charge on any atom is -0.309 e. The monoisotopic (exact) mass is 297 g/mol. The van der Waals surface area contributed by atoms with E-state index >= 15 is 0 Å². The topological polar surface area (TPSA) is 46.1 Å². The van der Waals surface area contributed by atoms with E-state index in [1.165, 1.54) is 6.20 Å². The number of pyridine rings is 2. The largest absolute Gasteiger partial charge is 0.309 e. The maximum atomic E-state index is 12.5. The van der Waals surface area contributed by atoms with Crippen LogP contribution in [0.4, 0.5) is 5.69 Å². The Morgan fingerprint density at radius 3 is 2.76 bits per heavy atom. The Hall–Kier alpha value is -2.46. The number of aromatic nitrogens is 2. The number of fused-ring (bicyclic) bond motifs is 1. The van der Waals surface area contributed by atoms with Crippen molar-refractivity contribution in [2.75, 3.05) is 11.9 Å². The molecule has 5 heteroatoms. The number of hydrogen-bond acceptors (Lipinski definition) is 3. The second kappa shape index (κ2) is 5.50. The quantitative estimate of drug-likeness (QED) is 0.726. The van der Waals surface area contributed by atoms with Crippen molar-refractivity contribution in [3.8, 4) is 0 Å². The van der Waals surface area contributed by atoms with E-state index in [9.17, 15) is 4.79 Å². The fourth-order valence-corrected chi connectivity index (χ4v) is 2.34. The first kappa shape index (κ1) is 13.5. The Kier molecular flexibility index (Phi) is 3.54. The van der Waals surface area contributed by atoms with Gasteiger partial charge in [0.2, 0.25) is 0 Å². The minimum absolute atomic E-state index is 0.214. The van der Waals surface area contributed by atoms with Crippen molar-refractivity contribution in [3.63, 3.8) is 0 Å². The summed E-state index contributed by atoms with van der Waals surface area (Å²) in [5, 5.41) is 1.40. The standard InChI is InChI=1S/C16H12ClN3O/c1-20(16(21)14-10-11(17)7-9-19-14)15-6-2-5-13-12(15)4-3-8-18-13/h2-10H,1H3. The molecule has 104 valence electrons. The van der Waals surface area contributed by atoms with Crippen molar-refractivity contribution in [3.05, 3.63) is 65.6 Å². The molecular formula is C16H12ClN3O. The number of anilines is 1. The van der Waals surface area contributed by atoms with Crippen molar-refractivity contribution in [1.82, 2.24) is 9.97 Å². The van der Waals surface area contributed by atoms with Gasteiger partial charge in [-0.2, -0.15) is 0 Å². The lowest BCUT2D eigenvalue weighted by Gasteiger charge is -2.18. The van der Waals surface area contributed by atoms with Gasteiger partial charge in [0, 0.05) is 29.9 Å². The third kappa shape index (κ3) is 2.58. The number of amides is 1. The van der Waals surface area contributed by atoms with Gasteiger partial charge >= 0.3 is 0 Å². The second-order valence-electron chi connectivity index (χ2n) is 4.57. The van der Waals surface area contributed by atoms with Gasteiger partial charge in [0.25, 0.3) is 5.91 Å². The SMILES string of the molecule is CN(C(=O)c1cc(Cl)ccn1)c1cccc2ncccc12. The van der Waals surface area contributed by atoms with Crippen LogP contribution in [0.2, 0.25) is 5.02 Å². The molecule has 0 aliphatic carbocycles. The number of halogens is 1. The summed E-state index contributed by atoms with van der Waals surface area (Å²) in [6, 6.07) is 12.7. The highest BCUT2D eigenvalue weighted by Crippen LogP contribution is 2.25. The molecule has 0 aliphatic heterocycles. The number of carbonyl (C=O) groups is 1. The van der Waals surface area contributed by atoms with Crippen LogP contribution >= 0.6 is 11.6 Å². The van der Waals surface area contributed by atoms with Gasteiger partial charge in [-0.05, 0) is 36.4 Å². The minimum atomic E-state index is -0.214. The van der Waals surface area contributed by atoms with Gasteiger partial charge in [0.1, 0.15) is 5.69 Å². The zero-order valence-electron chi connectivity index (χ0n) is 11.3. The molecule has 1 aromatic carbocycles. The number of rotatable bonds is 2. The molecule has 0 atom stereocenters. The maximum absolute atomic E-state index is 12.5. The van der Waals surface area contributed by atoms with Gasteiger partial charge in [-0.15, -0.1) is 0 Å². The van der Waals surface area contributed by atoms with Crippen LogP contribution < -0.4 is 4.90 Å². The van der Waals surface area contributed by atoms with E-state index in [2.05, 4.69) is 9.97 Å². The van der Waals surface area contributed by atoms with E-state index in [1.807, 2.05) is 30.3 Å². The molecule has 0 unspecified atom stereocenters.